The third-order valence-corrected chi connectivity index (χ3v) is 6.07. The standard InChI is InChI=1S/C17H33N.C4H10/c1-6-17(11-8-12-17)18(13(2)3)16-10-7-9-14(4)15(16)5;1-4(2)3/h13-16H,6-12H2,1-5H3;4H,1-3H3. The number of nitrogens with zero attached hydrogens (tertiary/aromatic N) is 1. The first kappa shape index (κ1) is 20.0. The molecule has 132 valence electrons. The third kappa shape index (κ3) is 4.73. The van der Waals surface area contributed by atoms with Crippen molar-refractivity contribution in [2.75, 3.05) is 0 Å². The van der Waals surface area contributed by atoms with Crippen molar-refractivity contribution in [3.05, 3.63) is 0 Å². The molecular weight excluding hydrogens is 266 g/mol. The normalized spacial score (nSPS) is 31.0. The molecule has 2 aliphatic carbocycles. The lowest BCUT2D eigenvalue weighted by Gasteiger charge is -2.58. The fourth-order valence-corrected chi connectivity index (χ4v) is 4.61. The molecule has 0 aromatic carbocycles. The topological polar surface area (TPSA) is 3.24 Å². The molecule has 0 bridgehead atoms. The van der Waals surface area contributed by atoms with Gasteiger partial charge in [0.05, 0.1) is 0 Å². The SMILES string of the molecule is CC(C)C.CCC1(N(C(C)C)C2CCCC(C)C2C)CCC1. The van der Waals surface area contributed by atoms with Crippen molar-refractivity contribution in [2.24, 2.45) is 17.8 Å². The summed E-state index contributed by atoms with van der Waals surface area (Å²) in [6, 6.07) is 1.55. The third-order valence-electron chi connectivity index (χ3n) is 6.07. The molecular formula is C21H43N. The Morgan fingerprint density at radius 2 is 1.50 bits per heavy atom. The van der Waals surface area contributed by atoms with Gasteiger partial charge in [-0.3, -0.25) is 4.90 Å². The molecule has 0 heterocycles. The van der Waals surface area contributed by atoms with Gasteiger partial charge < -0.3 is 0 Å². The van der Waals surface area contributed by atoms with E-state index in [1.54, 1.807) is 0 Å². The predicted molar refractivity (Wildman–Crippen MR) is 100 cm³/mol. The molecule has 0 aliphatic heterocycles. The highest BCUT2D eigenvalue weighted by molar-refractivity contribution is 5.02. The minimum Gasteiger partial charge on any atom is -0.292 e. The van der Waals surface area contributed by atoms with Crippen LogP contribution in [0.5, 0.6) is 0 Å². The molecule has 3 atom stereocenters. The lowest BCUT2D eigenvalue weighted by Crippen LogP contribution is -2.62. The van der Waals surface area contributed by atoms with E-state index in [9.17, 15) is 0 Å². The van der Waals surface area contributed by atoms with Crippen LogP contribution in [-0.4, -0.2) is 22.5 Å². The molecule has 0 spiro atoms. The second-order valence-corrected chi connectivity index (χ2v) is 9.00. The quantitative estimate of drug-likeness (QED) is 0.571. The van der Waals surface area contributed by atoms with Crippen molar-refractivity contribution in [1.82, 2.24) is 4.90 Å². The lowest BCUT2D eigenvalue weighted by atomic mass is 9.68. The Kier molecular flexibility index (Phi) is 7.92. The van der Waals surface area contributed by atoms with Gasteiger partial charge in [0, 0.05) is 17.6 Å². The molecule has 1 heteroatoms. The summed E-state index contributed by atoms with van der Waals surface area (Å²) in [5, 5.41) is 0. The van der Waals surface area contributed by atoms with E-state index in [2.05, 4.69) is 60.3 Å². The van der Waals surface area contributed by atoms with Crippen LogP contribution in [0, 0.1) is 17.8 Å². The Morgan fingerprint density at radius 3 is 1.86 bits per heavy atom. The highest BCUT2D eigenvalue weighted by Crippen LogP contribution is 2.46. The molecule has 0 amide bonds. The van der Waals surface area contributed by atoms with Gasteiger partial charge in [-0.1, -0.05) is 54.4 Å². The van der Waals surface area contributed by atoms with Crippen LogP contribution < -0.4 is 0 Å². The van der Waals surface area contributed by atoms with Gasteiger partial charge in [-0.2, -0.15) is 0 Å². The lowest BCUT2D eigenvalue weighted by molar-refractivity contribution is -0.0762. The van der Waals surface area contributed by atoms with E-state index in [1.165, 1.54) is 44.9 Å². The van der Waals surface area contributed by atoms with E-state index < -0.39 is 0 Å². The van der Waals surface area contributed by atoms with E-state index >= 15 is 0 Å². The first-order valence-corrected chi connectivity index (χ1v) is 10.0. The van der Waals surface area contributed by atoms with Crippen LogP contribution in [0.15, 0.2) is 0 Å². The van der Waals surface area contributed by atoms with E-state index in [1.807, 2.05) is 0 Å². The highest BCUT2D eigenvalue weighted by Gasteiger charge is 2.47. The van der Waals surface area contributed by atoms with Gasteiger partial charge in [0.2, 0.25) is 0 Å². The molecule has 0 saturated heterocycles. The number of hydrogen-bond acceptors (Lipinski definition) is 1. The maximum absolute atomic E-state index is 2.94. The van der Waals surface area contributed by atoms with Crippen LogP contribution in [0.25, 0.3) is 0 Å². The summed E-state index contributed by atoms with van der Waals surface area (Å²) in [6.45, 7) is 18.7. The van der Waals surface area contributed by atoms with E-state index in [0.717, 1.165) is 23.8 Å². The second kappa shape index (κ2) is 8.71. The van der Waals surface area contributed by atoms with Gasteiger partial charge >= 0.3 is 0 Å². The fourth-order valence-electron chi connectivity index (χ4n) is 4.61. The highest BCUT2D eigenvalue weighted by atomic mass is 15.3. The summed E-state index contributed by atoms with van der Waals surface area (Å²) in [5.74, 6) is 2.63. The molecule has 2 rings (SSSR count). The van der Waals surface area contributed by atoms with Gasteiger partial charge in [-0.15, -0.1) is 0 Å². The fraction of sp³-hybridized carbons (Fsp3) is 1.00. The van der Waals surface area contributed by atoms with Crippen LogP contribution in [0.1, 0.15) is 100 Å². The summed E-state index contributed by atoms with van der Waals surface area (Å²) in [4.78, 5) is 2.94. The van der Waals surface area contributed by atoms with Crippen molar-refractivity contribution in [2.45, 2.75) is 118 Å². The van der Waals surface area contributed by atoms with Gasteiger partial charge in [0.25, 0.3) is 0 Å². The Morgan fingerprint density at radius 1 is 0.955 bits per heavy atom. The Bertz CT molecular complexity index is 295. The summed E-state index contributed by atoms with van der Waals surface area (Å²) >= 11 is 0. The molecule has 1 nitrogen and oxygen atoms in total. The zero-order chi connectivity index (χ0) is 16.9. The second-order valence-electron chi connectivity index (χ2n) is 9.00. The Labute approximate surface area is 141 Å². The van der Waals surface area contributed by atoms with Crippen molar-refractivity contribution in [3.8, 4) is 0 Å². The average Bonchev–Trinajstić information content (AvgIpc) is 2.37. The van der Waals surface area contributed by atoms with Gasteiger partial charge in [0.15, 0.2) is 0 Å². The summed E-state index contributed by atoms with van der Waals surface area (Å²) in [7, 11) is 0. The van der Waals surface area contributed by atoms with Crippen molar-refractivity contribution in [1.29, 1.82) is 0 Å². The van der Waals surface area contributed by atoms with Gasteiger partial charge in [-0.05, 0) is 63.7 Å². The molecule has 2 saturated carbocycles. The minimum atomic E-state index is 0.560. The zero-order valence-electron chi connectivity index (χ0n) is 16.8. The molecule has 2 aliphatic rings. The van der Waals surface area contributed by atoms with E-state index in [4.69, 9.17) is 0 Å². The number of rotatable bonds is 4. The molecule has 22 heavy (non-hydrogen) atoms. The largest absolute Gasteiger partial charge is 0.292 e. The van der Waals surface area contributed by atoms with Crippen LogP contribution in [0.3, 0.4) is 0 Å². The summed E-state index contributed by atoms with van der Waals surface area (Å²) in [5.41, 5.74) is 0.560. The van der Waals surface area contributed by atoms with Crippen molar-refractivity contribution >= 4 is 0 Å². The maximum Gasteiger partial charge on any atom is 0.0212 e. The van der Waals surface area contributed by atoms with E-state index in [-0.39, 0.29) is 0 Å². The van der Waals surface area contributed by atoms with Crippen LogP contribution in [0.4, 0.5) is 0 Å². The monoisotopic (exact) mass is 309 g/mol. The number of hydrogen-bond donors (Lipinski definition) is 0. The molecule has 0 radical (unpaired) electrons. The summed E-state index contributed by atoms with van der Waals surface area (Å²) in [6.07, 6.45) is 10.0. The van der Waals surface area contributed by atoms with E-state index in [0.29, 0.717) is 11.6 Å². The molecule has 2 fully saturated rings. The first-order valence-electron chi connectivity index (χ1n) is 10.0. The molecule has 0 N–H and O–H groups in total. The summed E-state index contributed by atoms with van der Waals surface area (Å²) < 4.78 is 0. The zero-order valence-corrected chi connectivity index (χ0v) is 16.8. The first-order chi connectivity index (χ1) is 10.2. The van der Waals surface area contributed by atoms with Crippen molar-refractivity contribution in [3.63, 3.8) is 0 Å². The molecule has 3 unspecified atom stereocenters. The minimum absolute atomic E-state index is 0.560. The van der Waals surface area contributed by atoms with Gasteiger partial charge in [0.1, 0.15) is 0 Å². The molecule has 0 aromatic heterocycles. The van der Waals surface area contributed by atoms with Gasteiger partial charge in [-0.25, -0.2) is 0 Å². The molecule has 0 aromatic rings. The predicted octanol–water partition coefficient (Wildman–Crippen LogP) is 6.52. The van der Waals surface area contributed by atoms with Crippen LogP contribution >= 0.6 is 0 Å². The average molecular weight is 310 g/mol. The van der Waals surface area contributed by atoms with Crippen molar-refractivity contribution < 1.29 is 0 Å². The Balaban J connectivity index is 0.000000541. The maximum atomic E-state index is 2.94. The Hall–Kier alpha value is -0.0400. The van der Waals surface area contributed by atoms with Crippen LogP contribution in [-0.2, 0) is 0 Å². The smallest absolute Gasteiger partial charge is 0.0212 e. The van der Waals surface area contributed by atoms with Crippen LogP contribution in [0.2, 0.25) is 0 Å².